The number of benzene rings is 2. The molecule has 3 aromatic rings. The third-order valence-corrected chi connectivity index (χ3v) is 6.62. The van der Waals surface area contributed by atoms with E-state index in [0.29, 0.717) is 18.7 Å². The van der Waals surface area contributed by atoms with Crippen molar-refractivity contribution in [1.29, 1.82) is 0 Å². The van der Waals surface area contributed by atoms with Gasteiger partial charge < -0.3 is 14.8 Å². The van der Waals surface area contributed by atoms with E-state index in [9.17, 15) is 4.79 Å². The number of carbonyl (C=O) groups is 1. The van der Waals surface area contributed by atoms with Gasteiger partial charge in [-0.05, 0) is 29.3 Å². The van der Waals surface area contributed by atoms with E-state index < -0.39 is 0 Å². The number of ether oxygens (including phenoxy) is 2. The Morgan fingerprint density at radius 2 is 1.71 bits per heavy atom. The number of aromatic nitrogens is 1. The van der Waals surface area contributed by atoms with Crippen LogP contribution < -0.4 is 10.1 Å². The van der Waals surface area contributed by atoms with Crippen LogP contribution in [-0.2, 0) is 22.5 Å². The van der Waals surface area contributed by atoms with Crippen LogP contribution in [-0.4, -0.2) is 54.2 Å². The fourth-order valence-corrected chi connectivity index (χ4v) is 4.52. The molecule has 176 valence electrons. The van der Waals surface area contributed by atoms with E-state index in [-0.39, 0.29) is 12.3 Å². The van der Waals surface area contributed by atoms with Crippen LogP contribution >= 0.6 is 0 Å². The van der Waals surface area contributed by atoms with Crippen molar-refractivity contribution < 1.29 is 14.3 Å². The zero-order valence-electron chi connectivity index (χ0n) is 19.4. The number of hydrogen-bond acceptors (Lipinski definition) is 5. The maximum atomic E-state index is 12.2. The second kappa shape index (κ2) is 10.8. The van der Waals surface area contributed by atoms with Crippen molar-refractivity contribution in [2.75, 3.05) is 26.3 Å². The lowest BCUT2D eigenvalue weighted by molar-refractivity contribution is -0.120. The first-order chi connectivity index (χ1) is 16.7. The van der Waals surface area contributed by atoms with Crippen LogP contribution in [0.4, 0.5) is 0 Å². The normalized spacial score (nSPS) is 20.4. The van der Waals surface area contributed by atoms with Gasteiger partial charge in [0.15, 0.2) is 0 Å². The number of nitrogens with zero attached hydrogens (tertiary/aromatic N) is 2. The average molecular weight is 458 g/mol. The lowest BCUT2D eigenvalue weighted by Gasteiger charge is -2.44. The summed E-state index contributed by atoms with van der Waals surface area (Å²) in [6.07, 6.45) is 4.58. The van der Waals surface area contributed by atoms with Gasteiger partial charge in [-0.3, -0.25) is 14.7 Å². The lowest BCUT2D eigenvalue weighted by Crippen LogP contribution is -2.52. The fraction of sp³-hybridized carbons (Fsp3) is 0.357. The maximum absolute atomic E-state index is 12.2. The van der Waals surface area contributed by atoms with Crippen molar-refractivity contribution in [3.8, 4) is 16.9 Å². The highest BCUT2D eigenvalue weighted by Gasteiger charge is 2.35. The Balaban J connectivity index is 1.08. The molecule has 34 heavy (non-hydrogen) atoms. The number of rotatable bonds is 8. The summed E-state index contributed by atoms with van der Waals surface area (Å²) in [5.74, 6) is 0.881. The predicted octanol–water partition coefficient (Wildman–Crippen LogP) is 3.85. The van der Waals surface area contributed by atoms with E-state index >= 15 is 0 Å². The molecule has 0 radical (unpaired) electrons. The van der Waals surface area contributed by atoms with Gasteiger partial charge in [-0.2, -0.15) is 0 Å². The molecule has 1 aliphatic carbocycles. The number of nitrogens with one attached hydrogen (secondary N) is 1. The zero-order valence-corrected chi connectivity index (χ0v) is 19.4. The maximum Gasteiger partial charge on any atom is 0.226 e. The Labute approximate surface area is 200 Å². The van der Waals surface area contributed by atoms with Crippen molar-refractivity contribution in [2.45, 2.75) is 38.0 Å². The van der Waals surface area contributed by atoms with Crippen molar-refractivity contribution >= 4 is 5.91 Å². The first-order valence-electron chi connectivity index (χ1n) is 12.1. The second-order valence-corrected chi connectivity index (χ2v) is 9.02. The molecule has 1 aliphatic heterocycles. The van der Waals surface area contributed by atoms with Gasteiger partial charge in [-0.1, -0.05) is 48.5 Å². The first-order valence-corrected chi connectivity index (χ1v) is 12.1. The number of carbonyl (C=O) groups excluding carboxylic acids is 1. The molecular weight excluding hydrogens is 426 g/mol. The summed E-state index contributed by atoms with van der Waals surface area (Å²) in [7, 11) is 0. The predicted molar refractivity (Wildman–Crippen MR) is 131 cm³/mol. The highest BCUT2D eigenvalue weighted by Crippen LogP contribution is 2.31. The molecule has 1 amide bonds. The van der Waals surface area contributed by atoms with Crippen LogP contribution in [0.5, 0.6) is 5.75 Å². The molecule has 0 spiro atoms. The summed E-state index contributed by atoms with van der Waals surface area (Å²) in [6, 6.07) is 22.7. The molecule has 1 aromatic heterocycles. The summed E-state index contributed by atoms with van der Waals surface area (Å²) in [6.45, 7) is 4.30. The molecule has 0 bridgehead atoms. The number of amides is 1. The highest BCUT2D eigenvalue weighted by atomic mass is 16.5. The van der Waals surface area contributed by atoms with E-state index in [4.69, 9.17) is 9.47 Å². The summed E-state index contributed by atoms with van der Waals surface area (Å²) in [4.78, 5) is 19.2. The minimum absolute atomic E-state index is 0.0301. The summed E-state index contributed by atoms with van der Waals surface area (Å²) < 4.78 is 11.6. The molecule has 1 saturated heterocycles. The van der Waals surface area contributed by atoms with E-state index in [1.54, 1.807) is 0 Å². The minimum Gasteiger partial charge on any atom is -0.490 e. The van der Waals surface area contributed by atoms with Gasteiger partial charge in [0.2, 0.25) is 5.91 Å². The average Bonchev–Trinajstić information content (AvgIpc) is 2.87. The highest BCUT2D eigenvalue weighted by molar-refractivity contribution is 5.78. The third kappa shape index (κ3) is 5.82. The number of pyridine rings is 1. The summed E-state index contributed by atoms with van der Waals surface area (Å²) in [5.41, 5.74) is 3.95. The van der Waals surface area contributed by atoms with E-state index in [2.05, 4.69) is 27.3 Å². The van der Waals surface area contributed by atoms with Crippen molar-refractivity contribution in [1.82, 2.24) is 15.2 Å². The molecule has 2 aromatic carbocycles. The Kier molecular flexibility index (Phi) is 7.17. The second-order valence-electron chi connectivity index (χ2n) is 9.02. The fourth-order valence-electron chi connectivity index (χ4n) is 4.52. The van der Waals surface area contributed by atoms with Crippen LogP contribution in [0.3, 0.4) is 0 Å². The standard InChI is InChI=1S/C28H31N3O3/c32-28(30-19-21-4-2-1-3-5-21)16-24-9-6-23(20-29-24)22-7-10-26(11-8-22)34-27-17-25(18-27)31-12-14-33-15-13-31/h1-11,20,25,27H,12-19H2,(H,30,32)/t25-,27+. The Hall–Kier alpha value is -3.22. The van der Waals surface area contributed by atoms with Crippen LogP contribution in [0, 0.1) is 0 Å². The first kappa shape index (κ1) is 22.6. The Bertz CT molecular complexity index is 1060. The molecule has 1 saturated carbocycles. The van der Waals surface area contributed by atoms with Gasteiger partial charge in [0.25, 0.3) is 0 Å². The van der Waals surface area contributed by atoms with E-state index in [1.165, 1.54) is 0 Å². The largest absolute Gasteiger partial charge is 0.490 e. The van der Waals surface area contributed by atoms with Crippen LogP contribution in [0.1, 0.15) is 24.1 Å². The zero-order chi connectivity index (χ0) is 23.2. The molecule has 2 aliphatic rings. The minimum atomic E-state index is -0.0301. The van der Waals surface area contributed by atoms with Crippen LogP contribution in [0.2, 0.25) is 0 Å². The SMILES string of the molecule is O=C(Cc1ccc(-c2ccc(O[C@H]3C[C@@H](N4CCOCC4)C3)cc2)cn1)NCc1ccccc1. The molecule has 0 unspecified atom stereocenters. The van der Waals surface area contributed by atoms with E-state index in [1.807, 2.05) is 60.8 Å². The topological polar surface area (TPSA) is 63.7 Å². The molecule has 5 rings (SSSR count). The monoisotopic (exact) mass is 457 g/mol. The van der Waals surface area contributed by atoms with Crippen LogP contribution in [0.15, 0.2) is 72.9 Å². The molecule has 6 nitrogen and oxygen atoms in total. The smallest absolute Gasteiger partial charge is 0.226 e. The van der Waals surface area contributed by atoms with Gasteiger partial charge in [-0.25, -0.2) is 0 Å². The lowest BCUT2D eigenvalue weighted by atomic mass is 9.87. The summed E-state index contributed by atoms with van der Waals surface area (Å²) in [5, 5.41) is 2.95. The van der Waals surface area contributed by atoms with Gasteiger partial charge in [0.1, 0.15) is 11.9 Å². The van der Waals surface area contributed by atoms with E-state index in [0.717, 1.165) is 67.3 Å². The van der Waals surface area contributed by atoms with Crippen molar-refractivity contribution in [3.63, 3.8) is 0 Å². The third-order valence-electron chi connectivity index (χ3n) is 6.62. The number of morpholine rings is 1. The number of hydrogen-bond donors (Lipinski definition) is 1. The molecule has 6 heteroatoms. The Morgan fingerprint density at radius 3 is 2.41 bits per heavy atom. The Morgan fingerprint density at radius 1 is 0.971 bits per heavy atom. The van der Waals surface area contributed by atoms with Gasteiger partial charge in [0, 0.05) is 56.0 Å². The van der Waals surface area contributed by atoms with Gasteiger partial charge in [-0.15, -0.1) is 0 Å². The summed E-state index contributed by atoms with van der Waals surface area (Å²) >= 11 is 0. The van der Waals surface area contributed by atoms with Crippen molar-refractivity contribution in [3.05, 3.63) is 84.2 Å². The van der Waals surface area contributed by atoms with Gasteiger partial charge in [0.05, 0.1) is 19.6 Å². The molecule has 2 fully saturated rings. The quantitative estimate of drug-likeness (QED) is 0.557. The molecule has 2 heterocycles. The molecule has 0 atom stereocenters. The van der Waals surface area contributed by atoms with Crippen molar-refractivity contribution in [2.24, 2.45) is 0 Å². The molecule has 1 N–H and O–H groups in total. The van der Waals surface area contributed by atoms with Crippen LogP contribution in [0.25, 0.3) is 11.1 Å². The molecular formula is C28H31N3O3. The van der Waals surface area contributed by atoms with Gasteiger partial charge >= 0.3 is 0 Å².